The van der Waals surface area contributed by atoms with E-state index < -0.39 is 0 Å². The van der Waals surface area contributed by atoms with Crippen molar-refractivity contribution in [3.8, 4) is 22.8 Å². The zero-order valence-corrected chi connectivity index (χ0v) is 19.7. The number of piperazine rings is 1. The number of benzene rings is 2. The van der Waals surface area contributed by atoms with Gasteiger partial charge in [0.25, 0.3) is 5.91 Å². The van der Waals surface area contributed by atoms with E-state index in [-0.39, 0.29) is 5.91 Å². The Morgan fingerprint density at radius 1 is 0.969 bits per heavy atom. The van der Waals surface area contributed by atoms with Crippen LogP contribution in [0.5, 0.6) is 11.5 Å². The average molecular weight is 453 g/mol. The van der Waals surface area contributed by atoms with Crippen LogP contribution in [0.4, 0.5) is 5.69 Å². The van der Waals surface area contributed by atoms with Crippen molar-refractivity contribution in [1.29, 1.82) is 0 Å². The largest absolute Gasteiger partial charge is 0.497 e. The van der Waals surface area contributed by atoms with Crippen LogP contribution in [-0.2, 0) is 7.05 Å². The van der Waals surface area contributed by atoms with E-state index in [1.54, 1.807) is 26.0 Å². The van der Waals surface area contributed by atoms with Crippen LogP contribution >= 0.6 is 11.8 Å². The first-order valence-corrected chi connectivity index (χ1v) is 11.7. The topological polar surface area (TPSA) is 59.8 Å². The van der Waals surface area contributed by atoms with Crippen molar-refractivity contribution in [2.45, 2.75) is 5.16 Å². The number of aromatic nitrogens is 2. The maximum absolute atomic E-state index is 13.5. The average Bonchev–Trinajstić information content (AvgIpc) is 3.19. The molecule has 1 saturated heterocycles. The van der Waals surface area contributed by atoms with Crippen LogP contribution in [0.3, 0.4) is 0 Å². The number of rotatable bonds is 6. The van der Waals surface area contributed by atoms with E-state index in [0.717, 1.165) is 46.7 Å². The highest BCUT2D eigenvalue weighted by Crippen LogP contribution is 2.31. The molecule has 0 saturated carbocycles. The second-order valence-corrected chi connectivity index (χ2v) is 8.34. The van der Waals surface area contributed by atoms with Crippen molar-refractivity contribution in [2.75, 3.05) is 51.6 Å². The molecule has 1 amide bonds. The lowest BCUT2D eigenvalue weighted by molar-refractivity contribution is 0.0741. The maximum atomic E-state index is 13.5. The molecule has 1 fully saturated rings. The Hall–Kier alpha value is -3.13. The van der Waals surface area contributed by atoms with Crippen molar-refractivity contribution < 1.29 is 14.3 Å². The molecule has 0 bridgehead atoms. The van der Waals surface area contributed by atoms with Crippen molar-refractivity contribution >= 4 is 23.4 Å². The summed E-state index contributed by atoms with van der Waals surface area (Å²) in [6.45, 7) is 2.70. The van der Waals surface area contributed by atoms with Gasteiger partial charge in [-0.25, -0.2) is 4.98 Å². The van der Waals surface area contributed by atoms with Crippen LogP contribution < -0.4 is 14.4 Å². The second-order valence-electron chi connectivity index (χ2n) is 7.57. The summed E-state index contributed by atoms with van der Waals surface area (Å²) in [6.07, 6.45) is 1.98. The molecule has 3 aromatic rings. The van der Waals surface area contributed by atoms with E-state index in [2.05, 4.69) is 4.90 Å². The third-order valence-electron chi connectivity index (χ3n) is 5.75. The molecule has 168 valence electrons. The minimum absolute atomic E-state index is 0.0253. The van der Waals surface area contributed by atoms with Gasteiger partial charge in [-0.05, 0) is 6.26 Å². The molecule has 4 rings (SSSR count). The first-order chi connectivity index (χ1) is 15.5. The number of ether oxygens (including phenoxy) is 2. The van der Waals surface area contributed by atoms with Gasteiger partial charge in [0.1, 0.15) is 11.5 Å². The molecule has 0 aliphatic carbocycles. The molecule has 0 spiro atoms. The van der Waals surface area contributed by atoms with Crippen LogP contribution in [0, 0.1) is 0 Å². The van der Waals surface area contributed by atoms with Gasteiger partial charge in [-0.15, -0.1) is 0 Å². The fourth-order valence-corrected chi connectivity index (χ4v) is 4.58. The predicted octanol–water partition coefficient (Wildman–Crippen LogP) is 3.79. The van der Waals surface area contributed by atoms with E-state index >= 15 is 0 Å². The Bertz CT molecular complexity index is 1070. The summed E-state index contributed by atoms with van der Waals surface area (Å²) in [5.74, 6) is 1.48. The van der Waals surface area contributed by atoms with Gasteiger partial charge >= 0.3 is 0 Å². The number of hydrogen-bond acceptors (Lipinski definition) is 6. The van der Waals surface area contributed by atoms with Crippen LogP contribution in [0.1, 0.15) is 10.5 Å². The molecule has 0 N–H and O–H groups in total. The second kappa shape index (κ2) is 9.56. The van der Waals surface area contributed by atoms with Gasteiger partial charge in [0, 0.05) is 62.7 Å². The van der Waals surface area contributed by atoms with Crippen LogP contribution in [0.25, 0.3) is 11.3 Å². The van der Waals surface area contributed by atoms with Crippen LogP contribution in [0.2, 0.25) is 0 Å². The van der Waals surface area contributed by atoms with Crippen molar-refractivity contribution in [1.82, 2.24) is 14.5 Å². The molecule has 1 aliphatic rings. The zero-order chi connectivity index (χ0) is 22.7. The van der Waals surface area contributed by atoms with Gasteiger partial charge in [0.15, 0.2) is 10.9 Å². The van der Waals surface area contributed by atoms with Gasteiger partial charge in [0.05, 0.1) is 19.9 Å². The predicted molar refractivity (Wildman–Crippen MR) is 128 cm³/mol. The third-order valence-corrected chi connectivity index (χ3v) is 6.49. The lowest BCUT2D eigenvalue weighted by Gasteiger charge is -2.36. The summed E-state index contributed by atoms with van der Waals surface area (Å²) in [5, 5.41) is 0.828. The number of amides is 1. The number of hydrogen-bond donors (Lipinski definition) is 0. The van der Waals surface area contributed by atoms with Gasteiger partial charge in [0.2, 0.25) is 0 Å². The molecule has 0 unspecified atom stereocenters. The van der Waals surface area contributed by atoms with Gasteiger partial charge in [-0.3, -0.25) is 4.79 Å². The molecule has 0 radical (unpaired) electrons. The fraction of sp³-hybridized carbons (Fsp3) is 0.333. The standard InChI is InChI=1S/C24H28N4O3S/c1-26-22(17-8-6-5-7-9-17)21(25-24(26)32-4)23(29)28-12-10-27(11-13-28)18-14-19(30-2)16-20(15-18)31-3/h5-9,14-16H,10-13H2,1-4H3. The summed E-state index contributed by atoms with van der Waals surface area (Å²) >= 11 is 1.54. The molecule has 32 heavy (non-hydrogen) atoms. The third kappa shape index (κ3) is 4.27. The van der Waals surface area contributed by atoms with E-state index in [4.69, 9.17) is 14.5 Å². The summed E-state index contributed by atoms with van der Waals surface area (Å²) in [7, 11) is 5.26. The SMILES string of the molecule is COc1cc(OC)cc(N2CCN(C(=O)c3nc(SC)n(C)c3-c3ccccc3)CC2)c1. The lowest BCUT2D eigenvalue weighted by Crippen LogP contribution is -2.49. The van der Waals surface area contributed by atoms with Gasteiger partial charge in [-0.1, -0.05) is 42.1 Å². The highest BCUT2D eigenvalue weighted by molar-refractivity contribution is 7.98. The Morgan fingerprint density at radius 3 is 2.16 bits per heavy atom. The fourth-order valence-electron chi connectivity index (χ4n) is 4.03. The maximum Gasteiger partial charge on any atom is 0.274 e. The van der Waals surface area contributed by atoms with E-state index in [0.29, 0.717) is 18.8 Å². The first-order valence-electron chi connectivity index (χ1n) is 10.5. The monoisotopic (exact) mass is 452 g/mol. The highest BCUT2D eigenvalue weighted by atomic mass is 32.2. The summed E-state index contributed by atoms with van der Waals surface area (Å²) < 4.78 is 12.8. The minimum atomic E-state index is -0.0253. The smallest absolute Gasteiger partial charge is 0.274 e. The molecule has 1 aromatic heterocycles. The van der Waals surface area contributed by atoms with Crippen molar-refractivity contribution in [2.24, 2.45) is 7.05 Å². The molecule has 2 aromatic carbocycles. The molecule has 0 atom stereocenters. The zero-order valence-electron chi connectivity index (χ0n) is 18.9. The van der Waals surface area contributed by atoms with Gasteiger partial charge in [-0.2, -0.15) is 0 Å². The van der Waals surface area contributed by atoms with E-state index in [9.17, 15) is 4.79 Å². The number of nitrogens with zero attached hydrogens (tertiary/aromatic N) is 4. The van der Waals surface area contributed by atoms with Gasteiger partial charge < -0.3 is 23.8 Å². The number of methoxy groups -OCH3 is 2. The van der Waals surface area contributed by atoms with Crippen LogP contribution in [-0.4, -0.2) is 67.0 Å². The minimum Gasteiger partial charge on any atom is -0.497 e. The Balaban J connectivity index is 1.55. The quantitative estimate of drug-likeness (QED) is 0.531. The van der Waals surface area contributed by atoms with Crippen molar-refractivity contribution in [3.05, 3.63) is 54.2 Å². The summed E-state index contributed by atoms with van der Waals surface area (Å²) in [4.78, 5) is 22.3. The molecular formula is C24H28N4O3S. The molecular weight excluding hydrogens is 424 g/mol. The normalized spacial score (nSPS) is 13.9. The number of carbonyl (C=O) groups excluding carboxylic acids is 1. The highest BCUT2D eigenvalue weighted by Gasteiger charge is 2.28. The summed E-state index contributed by atoms with van der Waals surface area (Å²) in [6, 6.07) is 15.8. The number of thioether (sulfide) groups is 1. The van der Waals surface area contributed by atoms with E-state index in [1.165, 1.54) is 0 Å². The number of carbonyl (C=O) groups is 1. The Labute approximate surface area is 192 Å². The lowest BCUT2D eigenvalue weighted by atomic mass is 10.1. The number of anilines is 1. The summed E-state index contributed by atoms with van der Waals surface area (Å²) in [5.41, 5.74) is 3.40. The molecule has 2 heterocycles. The molecule has 1 aliphatic heterocycles. The van der Waals surface area contributed by atoms with E-state index in [1.807, 2.05) is 71.3 Å². The van der Waals surface area contributed by atoms with Crippen molar-refractivity contribution in [3.63, 3.8) is 0 Å². The Morgan fingerprint density at radius 2 is 1.59 bits per heavy atom. The number of imidazole rings is 1. The Kier molecular flexibility index (Phi) is 6.60. The molecule has 8 heteroatoms. The molecule has 7 nitrogen and oxygen atoms in total. The van der Waals surface area contributed by atoms with Crippen LogP contribution in [0.15, 0.2) is 53.7 Å². The first kappa shape index (κ1) is 22.1.